The van der Waals surface area contributed by atoms with Crippen LogP contribution in [0.25, 0.3) is 0 Å². The lowest BCUT2D eigenvalue weighted by molar-refractivity contribution is 0.413. The summed E-state index contributed by atoms with van der Waals surface area (Å²) in [7, 11) is 1.64. The van der Waals surface area contributed by atoms with Gasteiger partial charge in [0.15, 0.2) is 0 Å². The van der Waals surface area contributed by atoms with E-state index < -0.39 is 0 Å². The second kappa shape index (κ2) is 3.06. The summed E-state index contributed by atoms with van der Waals surface area (Å²) in [6.07, 6.45) is 0. The van der Waals surface area contributed by atoms with Gasteiger partial charge >= 0.3 is 0 Å². The molecule has 53 valence electrons. The van der Waals surface area contributed by atoms with E-state index in [1.54, 1.807) is 7.11 Å². The van der Waals surface area contributed by atoms with Crippen LogP contribution in [-0.2, 0) is 0 Å². The van der Waals surface area contributed by atoms with Gasteiger partial charge in [-0.3, -0.25) is 0 Å². The maximum Gasteiger partial charge on any atom is 0.127 e. The third kappa shape index (κ3) is 1.51. The van der Waals surface area contributed by atoms with Gasteiger partial charge in [-0.15, -0.1) is 0 Å². The monoisotopic (exact) mass is 199 g/mol. The lowest BCUT2D eigenvalue weighted by atomic mass is 10.2. The zero-order valence-electron chi connectivity index (χ0n) is 5.94. The number of hydrogen-bond donors (Lipinski definition) is 0. The SMILES string of the molecule is COc1[c]cc(Br)c(C)c1. The van der Waals surface area contributed by atoms with E-state index >= 15 is 0 Å². The molecule has 0 bridgehead atoms. The number of aryl methyl sites for hydroxylation is 1. The van der Waals surface area contributed by atoms with Crippen LogP contribution in [0, 0.1) is 13.0 Å². The molecule has 0 aromatic heterocycles. The van der Waals surface area contributed by atoms with Gasteiger partial charge in [0.25, 0.3) is 0 Å². The van der Waals surface area contributed by atoms with Crippen LogP contribution in [0.1, 0.15) is 5.56 Å². The van der Waals surface area contributed by atoms with Crippen molar-refractivity contribution in [3.05, 3.63) is 28.2 Å². The standard InChI is InChI=1S/C8H8BrO/c1-6-5-7(10-2)3-4-8(6)9/h4-5H,1-2H3. The number of rotatable bonds is 1. The molecule has 0 amide bonds. The maximum absolute atomic E-state index is 4.97. The highest BCUT2D eigenvalue weighted by molar-refractivity contribution is 9.10. The molecule has 0 spiro atoms. The van der Waals surface area contributed by atoms with E-state index in [2.05, 4.69) is 22.0 Å². The fraction of sp³-hybridized carbons (Fsp3) is 0.250. The molecule has 0 saturated heterocycles. The minimum Gasteiger partial charge on any atom is -0.496 e. The smallest absolute Gasteiger partial charge is 0.127 e. The third-order valence-electron chi connectivity index (χ3n) is 1.29. The van der Waals surface area contributed by atoms with Gasteiger partial charge in [0.05, 0.1) is 7.11 Å². The van der Waals surface area contributed by atoms with Gasteiger partial charge in [0.1, 0.15) is 5.75 Å². The molecule has 1 radical (unpaired) electrons. The molecule has 0 heterocycles. The van der Waals surface area contributed by atoms with Crippen molar-refractivity contribution in [2.75, 3.05) is 7.11 Å². The number of methoxy groups -OCH3 is 1. The fourth-order valence-corrected chi connectivity index (χ4v) is 0.902. The number of hydrogen-bond acceptors (Lipinski definition) is 1. The summed E-state index contributed by atoms with van der Waals surface area (Å²) in [5.74, 6) is 0.778. The molecular weight excluding hydrogens is 192 g/mol. The predicted molar refractivity (Wildman–Crippen MR) is 44.3 cm³/mol. The summed E-state index contributed by atoms with van der Waals surface area (Å²) in [6.45, 7) is 2.01. The predicted octanol–water partition coefficient (Wildman–Crippen LogP) is 2.57. The van der Waals surface area contributed by atoms with Crippen LogP contribution in [-0.4, -0.2) is 7.11 Å². The van der Waals surface area contributed by atoms with Gasteiger partial charge in [-0.05, 0) is 24.6 Å². The molecule has 1 nitrogen and oxygen atoms in total. The third-order valence-corrected chi connectivity index (χ3v) is 2.14. The van der Waals surface area contributed by atoms with Crippen LogP contribution >= 0.6 is 15.9 Å². The molecule has 0 atom stereocenters. The van der Waals surface area contributed by atoms with Gasteiger partial charge in [-0.2, -0.15) is 0 Å². The van der Waals surface area contributed by atoms with E-state index in [1.807, 2.05) is 19.1 Å². The average molecular weight is 200 g/mol. The molecule has 1 aromatic carbocycles. The zero-order chi connectivity index (χ0) is 7.56. The van der Waals surface area contributed by atoms with E-state index in [-0.39, 0.29) is 0 Å². The molecular formula is C8H8BrO. The van der Waals surface area contributed by atoms with Crippen LogP contribution < -0.4 is 4.74 Å². The van der Waals surface area contributed by atoms with Crippen molar-refractivity contribution in [2.45, 2.75) is 6.92 Å². The molecule has 10 heavy (non-hydrogen) atoms. The summed E-state index contributed by atoms with van der Waals surface area (Å²) in [5.41, 5.74) is 1.16. The van der Waals surface area contributed by atoms with E-state index in [0.29, 0.717) is 0 Å². The minimum atomic E-state index is 0.778. The van der Waals surface area contributed by atoms with Crippen molar-refractivity contribution in [1.82, 2.24) is 0 Å². The van der Waals surface area contributed by atoms with Crippen LogP contribution in [0.3, 0.4) is 0 Å². The first kappa shape index (κ1) is 7.61. The summed E-state index contributed by atoms with van der Waals surface area (Å²) in [5, 5.41) is 0. The Hall–Kier alpha value is -0.500. The summed E-state index contributed by atoms with van der Waals surface area (Å²) in [4.78, 5) is 0. The van der Waals surface area contributed by atoms with E-state index in [9.17, 15) is 0 Å². The van der Waals surface area contributed by atoms with Crippen molar-refractivity contribution >= 4 is 15.9 Å². The molecule has 0 aliphatic carbocycles. The largest absolute Gasteiger partial charge is 0.496 e. The maximum atomic E-state index is 4.97. The van der Waals surface area contributed by atoms with Crippen molar-refractivity contribution in [3.63, 3.8) is 0 Å². The van der Waals surface area contributed by atoms with Crippen LogP contribution in [0.2, 0.25) is 0 Å². The zero-order valence-corrected chi connectivity index (χ0v) is 7.53. The first-order valence-corrected chi connectivity index (χ1v) is 3.75. The molecule has 1 aromatic rings. The quantitative estimate of drug-likeness (QED) is 0.676. The van der Waals surface area contributed by atoms with Crippen molar-refractivity contribution in [2.24, 2.45) is 0 Å². The highest BCUT2D eigenvalue weighted by atomic mass is 79.9. The fourth-order valence-electron chi connectivity index (χ4n) is 0.673. The Bertz CT molecular complexity index is 233. The summed E-state index contributed by atoms with van der Waals surface area (Å²) < 4.78 is 6.04. The second-order valence-corrected chi connectivity index (χ2v) is 2.89. The molecule has 0 aliphatic rings. The lowest BCUT2D eigenvalue weighted by Crippen LogP contribution is -1.83. The number of halogens is 1. The highest BCUT2D eigenvalue weighted by Gasteiger charge is 1.95. The van der Waals surface area contributed by atoms with Crippen LogP contribution in [0.5, 0.6) is 5.75 Å². The van der Waals surface area contributed by atoms with Gasteiger partial charge in [0.2, 0.25) is 0 Å². The topological polar surface area (TPSA) is 9.23 Å². The second-order valence-electron chi connectivity index (χ2n) is 2.03. The minimum absolute atomic E-state index is 0.778. The Balaban J connectivity index is 3.04. The van der Waals surface area contributed by atoms with E-state index in [0.717, 1.165) is 15.8 Å². The molecule has 0 aliphatic heterocycles. The lowest BCUT2D eigenvalue weighted by Gasteiger charge is -2.00. The van der Waals surface area contributed by atoms with Crippen LogP contribution in [0.15, 0.2) is 16.6 Å². The molecule has 0 fully saturated rings. The molecule has 0 unspecified atom stereocenters. The Morgan fingerprint density at radius 3 is 2.80 bits per heavy atom. The normalized spacial score (nSPS) is 9.50. The van der Waals surface area contributed by atoms with Crippen molar-refractivity contribution in [3.8, 4) is 5.75 Å². The summed E-state index contributed by atoms with van der Waals surface area (Å²) >= 11 is 3.37. The first-order chi connectivity index (χ1) is 4.74. The van der Waals surface area contributed by atoms with Crippen molar-refractivity contribution < 1.29 is 4.74 Å². The average Bonchev–Trinajstić information content (AvgIpc) is 1.95. The Labute approximate surface area is 69.1 Å². The van der Waals surface area contributed by atoms with Crippen LogP contribution in [0.4, 0.5) is 0 Å². The van der Waals surface area contributed by atoms with E-state index in [4.69, 9.17) is 4.74 Å². The molecule has 2 heteroatoms. The van der Waals surface area contributed by atoms with E-state index in [1.165, 1.54) is 0 Å². The Morgan fingerprint density at radius 1 is 1.60 bits per heavy atom. The molecule has 1 rings (SSSR count). The van der Waals surface area contributed by atoms with Gasteiger partial charge < -0.3 is 4.74 Å². The molecule has 0 saturated carbocycles. The van der Waals surface area contributed by atoms with Gasteiger partial charge in [0, 0.05) is 10.5 Å². The van der Waals surface area contributed by atoms with Gasteiger partial charge in [-0.25, -0.2) is 0 Å². The summed E-state index contributed by atoms with van der Waals surface area (Å²) in [6, 6.07) is 6.75. The Kier molecular flexibility index (Phi) is 2.33. The Morgan fingerprint density at radius 2 is 2.30 bits per heavy atom. The highest BCUT2D eigenvalue weighted by Crippen LogP contribution is 2.20. The number of benzene rings is 1. The van der Waals surface area contributed by atoms with Gasteiger partial charge in [-0.1, -0.05) is 15.9 Å². The molecule has 0 N–H and O–H groups in total. The number of ether oxygens (including phenoxy) is 1. The first-order valence-electron chi connectivity index (χ1n) is 2.96. The van der Waals surface area contributed by atoms with Crippen molar-refractivity contribution in [1.29, 1.82) is 0 Å².